The number of anilines is 1. The highest BCUT2D eigenvalue weighted by Gasteiger charge is 2.09. The zero-order valence-corrected chi connectivity index (χ0v) is 17.6. The van der Waals surface area contributed by atoms with Gasteiger partial charge in [-0.3, -0.25) is 9.36 Å². The fourth-order valence-electron chi connectivity index (χ4n) is 3.86. The molecule has 0 aliphatic heterocycles. The van der Waals surface area contributed by atoms with Crippen LogP contribution in [0.2, 0.25) is 0 Å². The summed E-state index contributed by atoms with van der Waals surface area (Å²) >= 11 is 5.50. The van der Waals surface area contributed by atoms with Gasteiger partial charge in [-0.1, -0.05) is 36.4 Å². The summed E-state index contributed by atoms with van der Waals surface area (Å²) in [4.78, 5) is 18.7. The van der Waals surface area contributed by atoms with Crippen molar-refractivity contribution < 1.29 is 0 Å². The van der Waals surface area contributed by atoms with Crippen molar-refractivity contribution in [3.8, 4) is 0 Å². The van der Waals surface area contributed by atoms with Gasteiger partial charge in [-0.2, -0.15) is 0 Å². The standard InChI is InChI=1S/C24H25N3OS/c1-3-26(20-11-6-8-17(2)14-20)12-7-13-27-23(28)21-15-18-9-4-5-10-19(18)16-22(21)25-24(27)29/h4-6,8-11,14-16H,3,7,12-13H2,1-2H3,(H,25,29). The van der Waals surface area contributed by atoms with Crippen LogP contribution in [0.4, 0.5) is 5.69 Å². The van der Waals surface area contributed by atoms with E-state index < -0.39 is 0 Å². The molecule has 4 nitrogen and oxygen atoms in total. The second-order valence-corrected chi connectivity index (χ2v) is 7.79. The minimum Gasteiger partial charge on any atom is -0.372 e. The smallest absolute Gasteiger partial charge is 0.262 e. The molecule has 1 heterocycles. The number of fused-ring (bicyclic) bond motifs is 2. The number of aromatic nitrogens is 2. The molecule has 0 bridgehead atoms. The molecule has 0 amide bonds. The summed E-state index contributed by atoms with van der Waals surface area (Å²) < 4.78 is 2.17. The fourth-order valence-corrected chi connectivity index (χ4v) is 4.14. The first kappa shape index (κ1) is 19.4. The normalized spacial score (nSPS) is 11.2. The highest BCUT2D eigenvalue weighted by molar-refractivity contribution is 7.71. The van der Waals surface area contributed by atoms with Crippen molar-refractivity contribution >= 4 is 39.6 Å². The van der Waals surface area contributed by atoms with E-state index in [2.05, 4.69) is 48.0 Å². The summed E-state index contributed by atoms with van der Waals surface area (Å²) in [5, 5.41) is 2.84. The number of hydrogen-bond acceptors (Lipinski definition) is 3. The van der Waals surface area contributed by atoms with Crippen LogP contribution >= 0.6 is 12.2 Å². The van der Waals surface area contributed by atoms with Crippen molar-refractivity contribution in [3.63, 3.8) is 0 Å². The molecule has 0 fully saturated rings. The molecule has 148 valence electrons. The van der Waals surface area contributed by atoms with E-state index in [1.807, 2.05) is 36.4 Å². The largest absolute Gasteiger partial charge is 0.372 e. The Morgan fingerprint density at radius 1 is 1.03 bits per heavy atom. The molecule has 5 heteroatoms. The zero-order valence-electron chi connectivity index (χ0n) is 16.8. The molecule has 4 aromatic rings. The van der Waals surface area contributed by atoms with Crippen LogP contribution in [0.5, 0.6) is 0 Å². The second kappa shape index (κ2) is 8.21. The first-order valence-electron chi connectivity index (χ1n) is 10.0. The van der Waals surface area contributed by atoms with Gasteiger partial charge < -0.3 is 9.88 Å². The number of nitrogens with one attached hydrogen (secondary N) is 1. The number of benzene rings is 3. The zero-order chi connectivity index (χ0) is 20.4. The number of aromatic amines is 1. The lowest BCUT2D eigenvalue weighted by molar-refractivity contribution is 0.599. The second-order valence-electron chi connectivity index (χ2n) is 7.40. The SMILES string of the molecule is CCN(CCCn1c(=S)[nH]c2cc3ccccc3cc2c1=O)c1cccc(C)c1. The van der Waals surface area contributed by atoms with Crippen LogP contribution in [0, 0.1) is 11.7 Å². The van der Waals surface area contributed by atoms with Crippen LogP contribution in [0.3, 0.4) is 0 Å². The molecule has 0 aliphatic rings. The third-order valence-electron chi connectivity index (χ3n) is 5.41. The maximum absolute atomic E-state index is 13.1. The van der Waals surface area contributed by atoms with E-state index in [-0.39, 0.29) is 5.56 Å². The highest BCUT2D eigenvalue weighted by atomic mass is 32.1. The average molecular weight is 404 g/mol. The predicted molar refractivity (Wildman–Crippen MR) is 125 cm³/mol. The summed E-state index contributed by atoms with van der Waals surface area (Å²) in [5.41, 5.74) is 3.24. The quantitative estimate of drug-likeness (QED) is 0.344. The molecule has 0 atom stereocenters. The molecule has 4 rings (SSSR count). The summed E-state index contributed by atoms with van der Waals surface area (Å²) in [6, 6.07) is 20.5. The molecule has 0 spiro atoms. The molecule has 1 N–H and O–H groups in total. The molecule has 0 saturated heterocycles. The van der Waals surface area contributed by atoms with E-state index in [0.717, 1.165) is 35.8 Å². The molecule has 0 aliphatic carbocycles. The third-order valence-corrected chi connectivity index (χ3v) is 5.73. The van der Waals surface area contributed by atoms with E-state index in [1.165, 1.54) is 11.3 Å². The first-order chi connectivity index (χ1) is 14.1. The average Bonchev–Trinajstić information content (AvgIpc) is 2.72. The topological polar surface area (TPSA) is 41.0 Å². The number of H-pyrrole nitrogens is 1. The molecular weight excluding hydrogens is 378 g/mol. The van der Waals surface area contributed by atoms with E-state index in [1.54, 1.807) is 4.57 Å². The summed E-state index contributed by atoms with van der Waals surface area (Å²) in [7, 11) is 0. The lowest BCUT2D eigenvalue weighted by atomic mass is 10.1. The van der Waals surface area contributed by atoms with Gasteiger partial charge in [-0.05, 0) is 73.1 Å². The number of hydrogen-bond donors (Lipinski definition) is 1. The van der Waals surface area contributed by atoms with Gasteiger partial charge in [0.15, 0.2) is 4.77 Å². The Morgan fingerprint density at radius 3 is 2.52 bits per heavy atom. The molecule has 29 heavy (non-hydrogen) atoms. The third kappa shape index (κ3) is 3.96. The van der Waals surface area contributed by atoms with Gasteiger partial charge in [-0.25, -0.2) is 0 Å². The van der Waals surface area contributed by atoms with Gasteiger partial charge >= 0.3 is 0 Å². The molecule has 1 aromatic heterocycles. The van der Waals surface area contributed by atoms with Crippen molar-refractivity contribution in [2.45, 2.75) is 26.8 Å². The number of rotatable bonds is 6. The molecule has 0 radical (unpaired) electrons. The van der Waals surface area contributed by atoms with Gasteiger partial charge in [0.2, 0.25) is 0 Å². The minimum atomic E-state index is -0.0203. The van der Waals surface area contributed by atoms with E-state index in [4.69, 9.17) is 12.2 Å². The van der Waals surface area contributed by atoms with Crippen molar-refractivity contribution in [1.82, 2.24) is 9.55 Å². The van der Waals surface area contributed by atoms with Crippen molar-refractivity contribution in [1.29, 1.82) is 0 Å². The summed E-state index contributed by atoms with van der Waals surface area (Å²) in [6.45, 7) is 6.65. The van der Waals surface area contributed by atoms with Gasteiger partial charge in [0, 0.05) is 25.3 Å². The Bertz CT molecular complexity index is 1290. The molecule has 0 saturated carbocycles. The maximum Gasteiger partial charge on any atom is 0.262 e. The Hall–Kier alpha value is -2.92. The van der Waals surface area contributed by atoms with Crippen LogP contribution in [-0.4, -0.2) is 22.6 Å². The minimum absolute atomic E-state index is 0.0203. The predicted octanol–water partition coefficient (Wildman–Crippen LogP) is 5.44. The Balaban J connectivity index is 1.60. The van der Waals surface area contributed by atoms with Crippen LogP contribution in [0.15, 0.2) is 65.5 Å². The van der Waals surface area contributed by atoms with E-state index in [9.17, 15) is 4.79 Å². The number of aryl methyl sites for hydroxylation is 1. The Kier molecular flexibility index (Phi) is 5.49. The van der Waals surface area contributed by atoms with Gasteiger partial charge in [0.1, 0.15) is 0 Å². The lowest BCUT2D eigenvalue weighted by Crippen LogP contribution is -2.28. The van der Waals surface area contributed by atoms with Crippen LogP contribution in [-0.2, 0) is 6.54 Å². The first-order valence-corrected chi connectivity index (χ1v) is 10.4. The lowest BCUT2D eigenvalue weighted by Gasteiger charge is -2.23. The van der Waals surface area contributed by atoms with Gasteiger partial charge in [-0.15, -0.1) is 0 Å². The van der Waals surface area contributed by atoms with Crippen molar-refractivity contribution in [2.75, 3.05) is 18.0 Å². The van der Waals surface area contributed by atoms with E-state index >= 15 is 0 Å². The summed E-state index contributed by atoms with van der Waals surface area (Å²) in [5.74, 6) is 0. The molecule has 0 unspecified atom stereocenters. The van der Waals surface area contributed by atoms with E-state index in [0.29, 0.717) is 16.7 Å². The van der Waals surface area contributed by atoms with Crippen LogP contribution in [0.1, 0.15) is 18.9 Å². The monoisotopic (exact) mass is 403 g/mol. The van der Waals surface area contributed by atoms with Gasteiger partial charge in [0.05, 0.1) is 10.9 Å². The Labute approximate surface area is 175 Å². The highest BCUT2D eigenvalue weighted by Crippen LogP contribution is 2.19. The van der Waals surface area contributed by atoms with Crippen LogP contribution in [0.25, 0.3) is 21.7 Å². The van der Waals surface area contributed by atoms with Crippen molar-refractivity contribution in [2.24, 2.45) is 0 Å². The Morgan fingerprint density at radius 2 is 1.79 bits per heavy atom. The fraction of sp³-hybridized carbons (Fsp3) is 0.250. The van der Waals surface area contributed by atoms with Gasteiger partial charge in [0.25, 0.3) is 5.56 Å². The van der Waals surface area contributed by atoms with Crippen molar-refractivity contribution in [3.05, 3.63) is 81.4 Å². The number of nitrogens with zero attached hydrogens (tertiary/aromatic N) is 2. The molecule has 3 aromatic carbocycles. The summed E-state index contributed by atoms with van der Waals surface area (Å²) in [6.07, 6.45) is 0.845. The van der Waals surface area contributed by atoms with Crippen LogP contribution < -0.4 is 10.5 Å². The molecular formula is C24H25N3OS. The maximum atomic E-state index is 13.1.